The maximum absolute atomic E-state index is 12.7. The highest BCUT2D eigenvalue weighted by molar-refractivity contribution is 7.89. The standard InChI is InChI=1S/C21H28N2O3S/c1-6-21(3,4)22-20(24)18-11-9-17(10-12-18)15-23(5)27(25,26)19-13-7-16(2)8-14-19/h7-14H,6,15H2,1-5H3,(H,22,24). The van der Waals surface area contributed by atoms with E-state index in [1.807, 2.05) is 27.7 Å². The molecular weight excluding hydrogens is 360 g/mol. The van der Waals surface area contributed by atoms with Crippen LogP contribution in [0.15, 0.2) is 53.4 Å². The highest BCUT2D eigenvalue weighted by atomic mass is 32.2. The van der Waals surface area contributed by atoms with Gasteiger partial charge in [0.2, 0.25) is 10.0 Å². The van der Waals surface area contributed by atoms with E-state index in [1.165, 1.54) is 4.31 Å². The molecule has 5 nitrogen and oxygen atoms in total. The van der Waals surface area contributed by atoms with Crippen LogP contribution in [0.3, 0.4) is 0 Å². The van der Waals surface area contributed by atoms with Gasteiger partial charge in [0.15, 0.2) is 0 Å². The van der Waals surface area contributed by atoms with E-state index in [4.69, 9.17) is 0 Å². The zero-order valence-electron chi connectivity index (χ0n) is 16.6. The zero-order chi connectivity index (χ0) is 20.2. The molecule has 6 heteroatoms. The molecule has 2 aromatic carbocycles. The van der Waals surface area contributed by atoms with Crippen molar-refractivity contribution in [3.05, 3.63) is 65.2 Å². The number of amides is 1. The van der Waals surface area contributed by atoms with E-state index in [2.05, 4.69) is 5.32 Å². The highest BCUT2D eigenvalue weighted by Crippen LogP contribution is 2.18. The summed E-state index contributed by atoms with van der Waals surface area (Å²) in [7, 11) is -2.00. The second kappa shape index (κ2) is 8.23. The SMILES string of the molecule is CCC(C)(C)NC(=O)c1ccc(CN(C)S(=O)(=O)c2ccc(C)cc2)cc1. The predicted octanol–water partition coefficient (Wildman–Crippen LogP) is 3.73. The normalized spacial score (nSPS) is 12.2. The molecule has 146 valence electrons. The summed E-state index contributed by atoms with van der Waals surface area (Å²) in [5.74, 6) is -0.131. The summed E-state index contributed by atoms with van der Waals surface area (Å²) < 4.78 is 26.7. The topological polar surface area (TPSA) is 66.5 Å². The Hall–Kier alpha value is -2.18. The molecule has 1 N–H and O–H groups in total. The van der Waals surface area contributed by atoms with E-state index in [0.717, 1.165) is 17.5 Å². The smallest absolute Gasteiger partial charge is 0.251 e. The maximum atomic E-state index is 12.7. The van der Waals surface area contributed by atoms with Crippen LogP contribution in [0.5, 0.6) is 0 Å². The van der Waals surface area contributed by atoms with Gasteiger partial charge in [0.05, 0.1) is 4.90 Å². The maximum Gasteiger partial charge on any atom is 0.251 e. The number of rotatable bonds is 7. The first-order chi connectivity index (χ1) is 12.5. The van der Waals surface area contributed by atoms with Crippen LogP contribution in [0.4, 0.5) is 0 Å². The summed E-state index contributed by atoms with van der Waals surface area (Å²) in [5, 5.41) is 2.99. The third-order valence-electron chi connectivity index (χ3n) is 4.69. The van der Waals surface area contributed by atoms with Gasteiger partial charge in [-0.2, -0.15) is 4.31 Å². The van der Waals surface area contributed by atoms with E-state index in [-0.39, 0.29) is 22.9 Å². The quantitative estimate of drug-likeness (QED) is 0.786. The summed E-state index contributed by atoms with van der Waals surface area (Å²) in [4.78, 5) is 12.6. The van der Waals surface area contributed by atoms with E-state index >= 15 is 0 Å². The molecule has 0 spiro atoms. The van der Waals surface area contributed by atoms with Crippen molar-refractivity contribution in [1.82, 2.24) is 9.62 Å². The lowest BCUT2D eigenvalue weighted by Crippen LogP contribution is -2.42. The average Bonchev–Trinajstić information content (AvgIpc) is 2.62. The van der Waals surface area contributed by atoms with Gasteiger partial charge in [0.25, 0.3) is 5.91 Å². The van der Waals surface area contributed by atoms with Crippen LogP contribution >= 0.6 is 0 Å². The van der Waals surface area contributed by atoms with Crippen molar-refractivity contribution in [3.8, 4) is 0 Å². The van der Waals surface area contributed by atoms with Gasteiger partial charge in [-0.15, -0.1) is 0 Å². The molecule has 0 saturated heterocycles. The number of carbonyl (C=O) groups is 1. The third kappa shape index (κ3) is 5.40. The number of nitrogens with zero attached hydrogens (tertiary/aromatic N) is 1. The number of sulfonamides is 1. The van der Waals surface area contributed by atoms with Crippen LogP contribution in [-0.2, 0) is 16.6 Å². The van der Waals surface area contributed by atoms with Crippen molar-refractivity contribution in [1.29, 1.82) is 0 Å². The Kier molecular flexibility index (Phi) is 6.44. The number of carbonyl (C=O) groups excluding carboxylic acids is 1. The fourth-order valence-electron chi connectivity index (χ4n) is 2.46. The molecule has 0 saturated carbocycles. The summed E-state index contributed by atoms with van der Waals surface area (Å²) in [6.07, 6.45) is 0.832. The average molecular weight is 389 g/mol. The number of hydrogen-bond donors (Lipinski definition) is 1. The minimum absolute atomic E-state index is 0.131. The van der Waals surface area contributed by atoms with Crippen LogP contribution in [0.2, 0.25) is 0 Å². The molecule has 0 aliphatic carbocycles. The van der Waals surface area contributed by atoms with Crippen LogP contribution in [-0.4, -0.2) is 31.2 Å². The summed E-state index contributed by atoms with van der Waals surface area (Å²) >= 11 is 0. The highest BCUT2D eigenvalue weighted by Gasteiger charge is 2.21. The molecule has 0 aliphatic rings. The monoisotopic (exact) mass is 388 g/mol. The van der Waals surface area contributed by atoms with Gasteiger partial charge < -0.3 is 5.32 Å². The first-order valence-electron chi connectivity index (χ1n) is 8.99. The molecular formula is C21H28N2O3S. The van der Waals surface area contributed by atoms with Crippen molar-refractivity contribution in [3.63, 3.8) is 0 Å². The van der Waals surface area contributed by atoms with Crippen LogP contribution < -0.4 is 5.32 Å². The Labute approximate surface area is 162 Å². The second-order valence-electron chi connectivity index (χ2n) is 7.46. The predicted molar refractivity (Wildman–Crippen MR) is 108 cm³/mol. The third-order valence-corrected chi connectivity index (χ3v) is 6.50. The number of benzene rings is 2. The lowest BCUT2D eigenvalue weighted by atomic mass is 10.0. The number of hydrogen-bond acceptors (Lipinski definition) is 3. The number of nitrogens with one attached hydrogen (secondary N) is 1. The van der Waals surface area contributed by atoms with Gasteiger partial charge in [-0.1, -0.05) is 36.8 Å². The van der Waals surface area contributed by atoms with Gasteiger partial charge >= 0.3 is 0 Å². The van der Waals surface area contributed by atoms with E-state index in [9.17, 15) is 13.2 Å². The molecule has 2 aromatic rings. The van der Waals surface area contributed by atoms with Crippen LogP contribution in [0.1, 0.15) is 48.7 Å². The lowest BCUT2D eigenvalue weighted by Gasteiger charge is -2.24. The Morgan fingerprint density at radius 1 is 1.04 bits per heavy atom. The first kappa shape index (κ1) is 21.1. The molecule has 0 unspecified atom stereocenters. The Morgan fingerprint density at radius 3 is 2.11 bits per heavy atom. The number of aryl methyl sites for hydroxylation is 1. The van der Waals surface area contributed by atoms with Gasteiger partial charge in [-0.05, 0) is 57.0 Å². The van der Waals surface area contributed by atoms with Crippen LogP contribution in [0.25, 0.3) is 0 Å². The van der Waals surface area contributed by atoms with Gasteiger partial charge in [0, 0.05) is 24.7 Å². The molecule has 2 rings (SSSR count). The summed E-state index contributed by atoms with van der Waals surface area (Å²) in [6.45, 7) is 8.13. The lowest BCUT2D eigenvalue weighted by molar-refractivity contribution is 0.0911. The zero-order valence-corrected chi connectivity index (χ0v) is 17.4. The Bertz CT molecular complexity index is 886. The van der Waals surface area contributed by atoms with Crippen molar-refractivity contribution >= 4 is 15.9 Å². The van der Waals surface area contributed by atoms with E-state index in [1.54, 1.807) is 55.6 Å². The van der Waals surface area contributed by atoms with Gasteiger partial charge in [0.1, 0.15) is 0 Å². The molecule has 1 amide bonds. The molecule has 0 radical (unpaired) electrons. The first-order valence-corrected chi connectivity index (χ1v) is 10.4. The fourth-order valence-corrected chi connectivity index (χ4v) is 3.62. The van der Waals surface area contributed by atoms with E-state index < -0.39 is 10.0 Å². The summed E-state index contributed by atoms with van der Waals surface area (Å²) in [6, 6.07) is 13.8. The Balaban J connectivity index is 2.09. The van der Waals surface area contributed by atoms with Gasteiger partial charge in [-0.3, -0.25) is 4.79 Å². The molecule has 0 fully saturated rings. The molecule has 0 aromatic heterocycles. The molecule has 0 aliphatic heterocycles. The Morgan fingerprint density at radius 2 is 1.59 bits per heavy atom. The van der Waals surface area contributed by atoms with E-state index in [0.29, 0.717) is 5.56 Å². The summed E-state index contributed by atoms with van der Waals surface area (Å²) in [5.41, 5.74) is 2.12. The van der Waals surface area contributed by atoms with Crippen molar-refractivity contribution < 1.29 is 13.2 Å². The van der Waals surface area contributed by atoms with Crippen LogP contribution in [0, 0.1) is 6.92 Å². The van der Waals surface area contributed by atoms with Gasteiger partial charge in [-0.25, -0.2) is 8.42 Å². The molecule has 0 atom stereocenters. The minimum atomic E-state index is -3.55. The second-order valence-corrected chi connectivity index (χ2v) is 9.51. The molecule has 0 heterocycles. The fraction of sp³-hybridized carbons (Fsp3) is 0.381. The van der Waals surface area contributed by atoms with Crippen molar-refractivity contribution in [2.75, 3.05) is 7.05 Å². The van der Waals surface area contributed by atoms with Crippen molar-refractivity contribution in [2.24, 2.45) is 0 Å². The van der Waals surface area contributed by atoms with Crippen molar-refractivity contribution in [2.45, 2.75) is 51.1 Å². The molecule has 0 bridgehead atoms. The molecule has 27 heavy (non-hydrogen) atoms. The largest absolute Gasteiger partial charge is 0.347 e. The minimum Gasteiger partial charge on any atom is -0.347 e.